The predicted molar refractivity (Wildman–Crippen MR) is 122 cm³/mol. The molecule has 4 rings (SSSR count). The van der Waals surface area contributed by atoms with E-state index in [1.807, 2.05) is 19.9 Å². The van der Waals surface area contributed by atoms with E-state index in [2.05, 4.69) is 0 Å². The molecule has 1 saturated carbocycles. The fourth-order valence-electron chi connectivity index (χ4n) is 4.78. The van der Waals surface area contributed by atoms with Gasteiger partial charge in [0.25, 0.3) is 11.7 Å². The van der Waals surface area contributed by atoms with Crippen LogP contribution >= 0.6 is 0 Å². The molecule has 174 valence electrons. The molecule has 0 aromatic heterocycles. The van der Waals surface area contributed by atoms with Gasteiger partial charge in [0.05, 0.1) is 30.4 Å². The molecule has 0 radical (unpaired) electrons. The molecule has 6 nitrogen and oxygen atoms in total. The second kappa shape index (κ2) is 9.25. The third kappa shape index (κ3) is 4.32. The highest BCUT2D eigenvalue weighted by molar-refractivity contribution is 6.46. The predicted octanol–water partition coefficient (Wildman–Crippen LogP) is 4.99. The molecule has 2 fully saturated rings. The molecule has 0 spiro atoms. The summed E-state index contributed by atoms with van der Waals surface area (Å²) in [7, 11) is 1.39. The van der Waals surface area contributed by atoms with Gasteiger partial charge in [-0.1, -0.05) is 25.0 Å². The zero-order chi connectivity index (χ0) is 23.7. The van der Waals surface area contributed by atoms with Crippen LogP contribution in [0.25, 0.3) is 5.76 Å². The van der Waals surface area contributed by atoms with Gasteiger partial charge in [-0.25, -0.2) is 4.39 Å². The van der Waals surface area contributed by atoms with Gasteiger partial charge >= 0.3 is 0 Å². The number of amides is 1. The van der Waals surface area contributed by atoms with Crippen LogP contribution in [0.1, 0.15) is 56.7 Å². The quantitative estimate of drug-likeness (QED) is 0.379. The number of nitrogens with zero attached hydrogens (tertiary/aromatic N) is 1. The Morgan fingerprint density at radius 1 is 1.12 bits per heavy atom. The number of rotatable bonds is 6. The number of aliphatic hydroxyl groups is 1. The topological polar surface area (TPSA) is 76.1 Å². The highest BCUT2D eigenvalue weighted by Gasteiger charge is 2.49. The van der Waals surface area contributed by atoms with Crippen molar-refractivity contribution in [3.05, 3.63) is 65.0 Å². The highest BCUT2D eigenvalue weighted by atomic mass is 19.1. The van der Waals surface area contributed by atoms with Gasteiger partial charge in [0.1, 0.15) is 23.1 Å². The fourth-order valence-corrected chi connectivity index (χ4v) is 4.78. The van der Waals surface area contributed by atoms with E-state index < -0.39 is 29.3 Å². The number of carbonyl (C=O) groups excluding carboxylic acids is 2. The van der Waals surface area contributed by atoms with Crippen molar-refractivity contribution in [1.82, 2.24) is 4.90 Å². The first kappa shape index (κ1) is 22.8. The van der Waals surface area contributed by atoms with Crippen LogP contribution in [0.3, 0.4) is 0 Å². The first-order valence-electron chi connectivity index (χ1n) is 11.2. The lowest BCUT2D eigenvalue weighted by molar-refractivity contribution is -0.141. The number of benzene rings is 2. The average molecular weight is 454 g/mol. The maximum atomic E-state index is 14.1. The number of methoxy groups -OCH3 is 1. The molecule has 2 aromatic rings. The van der Waals surface area contributed by atoms with E-state index in [1.54, 1.807) is 23.1 Å². The smallest absolute Gasteiger partial charge is 0.295 e. The van der Waals surface area contributed by atoms with E-state index in [-0.39, 0.29) is 29.0 Å². The Labute approximate surface area is 192 Å². The summed E-state index contributed by atoms with van der Waals surface area (Å²) in [5.41, 5.74) is 0.607. The van der Waals surface area contributed by atoms with Crippen molar-refractivity contribution in [1.29, 1.82) is 0 Å². The van der Waals surface area contributed by atoms with Crippen molar-refractivity contribution < 1.29 is 28.6 Å². The standard InChI is InChI=1S/C26H28FNO5/c1-15(2)33-19-10-6-7-16(13-19)23-22(24(29)20-14-17(27)11-12-21(20)32-3)25(30)26(31)28(23)18-8-4-5-9-18/h6-7,10-15,18,23,29H,4-5,8-9H2,1-3H3/b24-22+. The molecule has 1 amide bonds. The van der Waals surface area contributed by atoms with E-state index in [9.17, 15) is 19.1 Å². The van der Waals surface area contributed by atoms with Crippen LogP contribution in [-0.2, 0) is 9.59 Å². The number of halogens is 1. The van der Waals surface area contributed by atoms with Crippen LogP contribution in [0.5, 0.6) is 11.5 Å². The summed E-state index contributed by atoms with van der Waals surface area (Å²) in [5.74, 6) is -1.68. The molecule has 33 heavy (non-hydrogen) atoms. The van der Waals surface area contributed by atoms with Crippen molar-refractivity contribution in [2.75, 3.05) is 7.11 Å². The van der Waals surface area contributed by atoms with Gasteiger partial charge in [-0.15, -0.1) is 0 Å². The Balaban J connectivity index is 1.91. The largest absolute Gasteiger partial charge is 0.507 e. The van der Waals surface area contributed by atoms with Crippen LogP contribution in [-0.4, -0.2) is 41.0 Å². The lowest BCUT2D eigenvalue weighted by atomic mass is 9.94. The van der Waals surface area contributed by atoms with E-state index in [4.69, 9.17) is 9.47 Å². The van der Waals surface area contributed by atoms with Gasteiger partial charge in [-0.3, -0.25) is 9.59 Å². The number of carbonyl (C=O) groups is 2. The number of aliphatic hydroxyl groups excluding tert-OH is 1. The Morgan fingerprint density at radius 2 is 1.85 bits per heavy atom. The molecule has 1 saturated heterocycles. The molecule has 7 heteroatoms. The molecule has 2 aliphatic rings. The summed E-state index contributed by atoms with van der Waals surface area (Å²) < 4.78 is 25.2. The molecular weight excluding hydrogens is 425 g/mol. The SMILES string of the molecule is COc1ccc(F)cc1/C(O)=C1\C(=O)C(=O)N(C2CCCC2)C1c1cccc(OC(C)C)c1. The van der Waals surface area contributed by atoms with Crippen molar-refractivity contribution in [3.63, 3.8) is 0 Å². The summed E-state index contributed by atoms with van der Waals surface area (Å²) in [5, 5.41) is 11.3. The van der Waals surface area contributed by atoms with Crippen LogP contribution in [0.2, 0.25) is 0 Å². The molecule has 1 atom stereocenters. The number of Topliss-reactive ketones (excluding diaryl/α,β-unsaturated/α-hetero) is 1. The molecule has 0 bridgehead atoms. The number of likely N-dealkylation sites (tertiary alicyclic amines) is 1. The van der Waals surface area contributed by atoms with E-state index in [0.717, 1.165) is 31.7 Å². The van der Waals surface area contributed by atoms with Gasteiger partial charge in [0.15, 0.2) is 0 Å². The maximum Gasteiger partial charge on any atom is 0.295 e. The van der Waals surface area contributed by atoms with Crippen LogP contribution in [0.4, 0.5) is 4.39 Å². The Bertz CT molecular complexity index is 1100. The van der Waals surface area contributed by atoms with Crippen LogP contribution < -0.4 is 9.47 Å². The van der Waals surface area contributed by atoms with Gasteiger partial charge in [0, 0.05) is 6.04 Å². The minimum absolute atomic E-state index is 0.0292. The van der Waals surface area contributed by atoms with Crippen LogP contribution in [0, 0.1) is 5.82 Å². The summed E-state index contributed by atoms with van der Waals surface area (Å²) in [4.78, 5) is 28.0. The summed E-state index contributed by atoms with van der Waals surface area (Å²) in [6, 6.07) is 9.96. The first-order valence-corrected chi connectivity index (χ1v) is 11.2. The third-order valence-corrected chi connectivity index (χ3v) is 6.16. The normalized spacial score (nSPS) is 20.6. The number of hydrogen-bond donors (Lipinski definition) is 1. The third-order valence-electron chi connectivity index (χ3n) is 6.16. The molecule has 1 unspecified atom stereocenters. The monoisotopic (exact) mass is 453 g/mol. The van der Waals surface area contributed by atoms with E-state index in [1.165, 1.54) is 19.2 Å². The zero-order valence-corrected chi connectivity index (χ0v) is 19.0. The molecular formula is C26H28FNO5. The lowest BCUT2D eigenvalue weighted by Gasteiger charge is -2.31. The number of hydrogen-bond acceptors (Lipinski definition) is 5. The van der Waals surface area contributed by atoms with E-state index >= 15 is 0 Å². The fraction of sp³-hybridized carbons (Fsp3) is 0.385. The number of ketones is 1. The minimum Gasteiger partial charge on any atom is -0.507 e. The Kier molecular flexibility index (Phi) is 6.40. The Morgan fingerprint density at radius 3 is 2.52 bits per heavy atom. The second-order valence-corrected chi connectivity index (χ2v) is 8.73. The van der Waals surface area contributed by atoms with Crippen LogP contribution in [0.15, 0.2) is 48.0 Å². The molecule has 1 aliphatic carbocycles. The summed E-state index contributed by atoms with van der Waals surface area (Å²) in [6.45, 7) is 3.82. The van der Waals surface area contributed by atoms with Gasteiger partial charge in [-0.2, -0.15) is 0 Å². The van der Waals surface area contributed by atoms with Crippen molar-refractivity contribution in [2.45, 2.75) is 57.7 Å². The minimum atomic E-state index is -0.809. The van der Waals surface area contributed by atoms with Gasteiger partial charge < -0.3 is 19.5 Å². The Hall–Kier alpha value is -3.35. The average Bonchev–Trinajstić information content (AvgIpc) is 3.40. The van der Waals surface area contributed by atoms with Crippen molar-refractivity contribution in [2.24, 2.45) is 0 Å². The molecule has 1 heterocycles. The zero-order valence-electron chi connectivity index (χ0n) is 19.0. The second-order valence-electron chi connectivity index (χ2n) is 8.73. The van der Waals surface area contributed by atoms with Gasteiger partial charge in [0.2, 0.25) is 0 Å². The molecule has 1 aliphatic heterocycles. The molecule has 1 N–H and O–H groups in total. The van der Waals surface area contributed by atoms with Crippen molar-refractivity contribution >= 4 is 17.4 Å². The summed E-state index contributed by atoms with van der Waals surface area (Å²) in [6.07, 6.45) is 3.45. The summed E-state index contributed by atoms with van der Waals surface area (Å²) >= 11 is 0. The number of ether oxygens (including phenoxy) is 2. The molecule has 2 aromatic carbocycles. The van der Waals surface area contributed by atoms with Gasteiger partial charge in [-0.05, 0) is 62.6 Å². The lowest BCUT2D eigenvalue weighted by Crippen LogP contribution is -2.37. The van der Waals surface area contributed by atoms with Crippen molar-refractivity contribution in [3.8, 4) is 11.5 Å². The highest BCUT2D eigenvalue weighted by Crippen LogP contribution is 2.45. The maximum absolute atomic E-state index is 14.1. The van der Waals surface area contributed by atoms with E-state index in [0.29, 0.717) is 11.3 Å². The first-order chi connectivity index (χ1) is 15.8.